The lowest BCUT2D eigenvalue weighted by Crippen LogP contribution is -2.56. The van der Waals surface area contributed by atoms with Crippen LogP contribution in [0.3, 0.4) is 0 Å². The highest BCUT2D eigenvalue weighted by molar-refractivity contribution is 6.05. The Balaban J connectivity index is 1.37. The van der Waals surface area contributed by atoms with Crippen molar-refractivity contribution in [3.63, 3.8) is 0 Å². The average Bonchev–Trinajstić information content (AvgIpc) is 3.36. The Morgan fingerprint density at radius 2 is 1.72 bits per heavy atom. The van der Waals surface area contributed by atoms with Gasteiger partial charge in [-0.1, -0.05) is 46.5 Å². The summed E-state index contributed by atoms with van der Waals surface area (Å²) in [7, 11) is 0. The predicted molar refractivity (Wildman–Crippen MR) is 95.7 cm³/mol. The maximum Gasteiger partial charge on any atom is 0.141 e. The molecule has 4 unspecified atom stereocenters. The molecule has 134 valence electrons. The van der Waals surface area contributed by atoms with E-state index in [0.717, 1.165) is 18.4 Å². The van der Waals surface area contributed by atoms with E-state index in [0.29, 0.717) is 34.5 Å². The molecule has 0 aliphatic heterocycles. The van der Waals surface area contributed by atoms with Crippen molar-refractivity contribution in [3.8, 4) is 11.5 Å². The Hall–Kier alpha value is -1.51. The predicted octanol–water partition coefficient (Wildman–Crippen LogP) is 4.50. The van der Waals surface area contributed by atoms with Crippen molar-refractivity contribution in [1.82, 2.24) is 0 Å². The number of carbonyl (C=O) groups is 1. The third kappa shape index (κ3) is 1.66. The summed E-state index contributed by atoms with van der Waals surface area (Å²) in [5.74, 6) is 2.45. The van der Waals surface area contributed by atoms with Crippen LogP contribution >= 0.6 is 0 Å². The number of phenolic OH excluding ortho intramolecular Hbond substituents is 2. The Kier molecular flexibility index (Phi) is 2.90. The zero-order chi connectivity index (χ0) is 17.7. The number of aromatic hydroxyl groups is 2. The summed E-state index contributed by atoms with van der Waals surface area (Å²) >= 11 is 0. The van der Waals surface area contributed by atoms with Crippen LogP contribution in [0.15, 0.2) is 12.1 Å². The second-order valence-corrected chi connectivity index (χ2v) is 9.56. The molecular formula is C22H28O3. The fraction of sp³-hybridized carbons (Fsp3) is 0.682. The fourth-order valence-corrected chi connectivity index (χ4v) is 6.56. The standard InChI is InChI=1S/C22H28O3/c1-4-5-6-7-8-21(2,3)11-9-12(23)14(13(24)10-11)15-16-18-19-20(25)17(15)22(16,18)19/h9-10,15-19,23-24H,4-8H2,1-3H3/t15?,16-,17?,18?,19-,22?/m1/s1. The summed E-state index contributed by atoms with van der Waals surface area (Å²) in [4.78, 5) is 12.1. The van der Waals surface area contributed by atoms with Crippen LogP contribution in [-0.2, 0) is 10.2 Å². The van der Waals surface area contributed by atoms with Crippen molar-refractivity contribution < 1.29 is 15.0 Å². The Bertz CT molecular complexity index is 756. The van der Waals surface area contributed by atoms with Crippen LogP contribution in [0.4, 0.5) is 0 Å². The average molecular weight is 340 g/mol. The maximum atomic E-state index is 12.1. The van der Waals surface area contributed by atoms with Gasteiger partial charge in [0.05, 0.1) is 0 Å². The monoisotopic (exact) mass is 340 g/mol. The van der Waals surface area contributed by atoms with Crippen LogP contribution in [0.2, 0.25) is 0 Å². The first kappa shape index (κ1) is 15.7. The molecule has 4 saturated carbocycles. The van der Waals surface area contributed by atoms with Gasteiger partial charge in [-0.25, -0.2) is 0 Å². The van der Waals surface area contributed by atoms with Crippen molar-refractivity contribution in [2.24, 2.45) is 29.1 Å². The molecule has 3 nitrogen and oxygen atoms in total. The number of hydrogen-bond donors (Lipinski definition) is 2. The van der Waals surface area contributed by atoms with Gasteiger partial charge in [-0.05, 0) is 46.8 Å². The van der Waals surface area contributed by atoms with Crippen molar-refractivity contribution in [2.75, 3.05) is 0 Å². The molecule has 0 heterocycles. The Labute approximate surface area is 149 Å². The summed E-state index contributed by atoms with van der Waals surface area (Å²) in [5.41, 5.74) is 1.92. The molecule has 0 amide bonds. The number of carbonyl (C=O) groups excluding carboxylic acids is 1. The van der Waals surface area contributed by atoms with Gasteiger partial charge in [-0.15, -0.1) is 0 Å². The molecule has 4 aliphatic rings. The van der Waals surface area contributed by atoms with Crippen LogP contribution < -0.4 is 0 Å². The molecule has 0 aromatic heterocycles. The molecule has 1 spiro atoms. The van der Waals surface area contributed by atoms with E-state index < -0.39 is 0 Å². The zero-order valence-electron chi connectivity index (χ0n) is 15.4. The minimum Gasteiger partial charge on any atom is -0.508 e. The third-order valence-electron chi connectivity index (χ3n) is 8.03. The number of phenols is 2. The SMILES string of the molecule is CCCCCCC(C)(C)c1cc(O)c(C2C3C(=O)[C@H]4C5[C@@H]2C354)c(O)c1. The lowest BCUT2D eigenvalue weighted by molar-refractivity contribution is -0.150. The molecule has 0 radical (unpaired) electrons. The normalized spacial score (nSPS) is 39.2. The lowest BCUT2D eigenvalue weighted by Gasteiger charge is -2.53. The molecule has 5 rings (SSSR count). The highest BCUT2D eigenvalue weighted by Gasteiger charge is 3.06. The molecule has 4 fully saturated rings. The topological polar surface area (TPSA) is 57.5 Å². The molecule has 4 aliphatic carbocycles. The van der Waals surface area contributed by atoms with E-state index in [-0.39, 0.29) is 28.7 Å². The molecule has 1 aromatic rings. The summed E-state index contributed by atoms with van der Waals surface area (Å²) in [5, 5.41) is 21.3. The Morgan fingerprint density at radius 1 is 1.04 bits per heavy atom. The molecule has 1 aromatic carbocycles. The van der Waals surface area contributed by atoms with Gasteiger partial charge >= 0.3 is 0 Å². The molecule has 0 bridgehead atoms. The number of benzene rings is 1. The van der Waals surface area contributed by atoms with E-state index in [1.165, 1.54) is 19.3 Å². The van der Waals surface area contributed by atoms with Crippen LogP contribution in [0.1, 0.15) is 69.9 Å². The first-order chi connectivity index (χ1) is 11.9. The van der Waals surface area contributed by atoms with E-state index in [1.807, 2.05) is 12.1 Å². The number of hydrogen-bond acceptors (Lipinski definition) is 3. The molecule has 25 heavy (non-hydrogen) atoms. The van der Waals surface area contributed by atoms with Gasteiger partial charge < -0.3 is 10.2 Å². The molecule has 6 atom stereocenters. The summed E-state index contributed by atoms with van der Waals surface area (Å²) in [6.45, 7) is 6.58. The largest absolute Gasteiger partial charge is 0.508 e. The van der Waals surface area contributed by atoms with E-state index in [1.54, 1.807) is 0 Å². The van der Waals surface area contributed by atoms with Gasteiger partial charge in [0.15, 0.2) is 0 Å². The first-order valence-corrected chi connectivity index (χ1v) is 9.97. The number of unbranched alkanes of at least 4 members (excludes halogenated alkanes) is 3. The van der Waals surface area contributed by atoms with E-state index in [9.17, 15) is 15.0 Å². The van der Waals surface area contributed by atoms with Crippen molar-refractivity contribution >= 4 is 5.78 Å². The van der Waals surface area contributed by atoms with Gasteiger partial charge in [0, 0.05) is 23.3 Å². The van der Waals surface area contributed by atoms with Crippen LogP contribution in [0, 0.1) is 29.1 Å². The van der Waals surface area contributed by atoms with Gasteiger partial charge in [-0.2, -0.15) is 0 Å². The number of rotatable bonds is 7. The Morgan fingerprint density at radius 3 is 2.28 bits per heavy atom. The minimum atomic E-state index is -0.0683. The smallest absolute Gasteiger partial charge is 0.141 e. The van der Waals surface area contributed by atoms with Crippen LogP contribution in [-0.4, -0.2) is 16.0 Å². The fourth-order valence-electron chi connectivity index (χ4n) is 6.56. The van der Waals surface area contributed by atoms with Gasteiger partial charge in [-0.3, -0.25) is 4.79 Å². The zero-order valence-corrected chi connectivity index (χ0v) is 15.4. The molecule has 0 saturated heterocycles. The second kappa shape index (κ2) is 4.61. The third-order valence-corrected chi connectivity index (χ3v) is 8.03. The lowest BCUT2D eigenvalue weighted by atomic mass is 9.48. The van der Waals surface area contributed by atoms with Crippen molar-refractivity contribution in [3.05, 3.63) is 23.3 Å². The number of fused-ring (bicyclic) bond motifs is 2. The van der Waals surface area contributed by atoms with E-state index in [2.05, 4.69) is 20.8 Å². The van der Waals surface area contributed by atoms with Crippen molar-refractivity contribution in [1.29, 1.82) is 0 Å². The first-order valence-electron chi connectivity index (χ1n) is 9.97. The van der Waals surface area contributed by atoms with E-state index >= 15 is 0 Å². The number of Topliss-reactive ketones (excluding diaryl/α,β-unsaturated/α-hetero) is 1. The van der Waals surface area contributed by atoms with E-state index in [4.69, 9.17) is 0 Å². The summed E-state index contributed by atoms with van der Waals surface area (Å²) in [6, 6.07) is 3.68. The minimum absolute atomic E-state index is 0.0683. The second-order valence-electron chi connectivity index (χ2n) is 9.56. The molecule has 2 N–H and O–H groups in total. The quantitative estimate of drug-likeness (QED) is 0.718. The van der Waals surface area contributed by atoms with Gasteiger partial charge in [0.25, 0.3) is 0 Å². The molecule has 3 heteroatoms. The van der Waals surface area contributed by atoms with Crippen LogP contribution in [0.25, 0.3) is 0 Å². The summed E-state index contributed by atoms with van der Waals surface area (Å²) < 4.78 is 0. The highest BCUT2D eigenvalue weighted by Crippen LogP contribution is 3.05. The number of ketones is 1. The maximum absolute atomic E-state index is 12.1. The summed E-state index contributed by atoms with van der Waals surface area (Å²) in [6.07, 6.45) is 5.92. The van der Waals surface area contributed by atoms with Gasteiger partial charge in [0.1, 0.15) is 17.3 Å². The van der Waals surface area contributed by atoms with Gasteiger partial charge in [0.2, 0.25) is 0 Å². The highest BCUT2D eigenvalue weighted by atomic mass is 16.3. The molecular weight excluding hydrogens is 312 g/mol. The van der Waals surface area contributed by atoms with Crippen LogP contribution in [0.5, 0.6) is 11.5 Å². The van der Waals surface area contributed by atoms with Crippen molar-refractivity contribution in [2.45, 2.75) is 64.2 Å².